The summed E-state index contributed by atoms with van der Waals surface area (Å²) >= 11 is 0. The molecule has 108 valence electrons. The van der Waals surface area contributed by atoms with Crippen molar-refractivity contribution in [2.24, 2.45) is 5.73 Å². The minimum atomic E-state index is -0.174. The number of rotatable bonds is 2. The summed E-state index contributed by atoms with van der Waals surface area (Å²) in [6, 6.07) is 5.71. The number of ether oxygens (including phenoxy) is 2. The van der Waals surface area contributed by atoms with E-state index < -0.39 is 0 Å². The van der Waals surface area contributed by atoms with E-state index in [0.717, 1.165) is 17.1 Å². The number of carbonyl (C=O) groups is 1. The van der Waals surface area contributed by atoms with Crippen LogP contribution in [0, 0.1) is 0 Å². The molecule has 20 heavy (non-hydrogen) atoms. The standard InChI is InChI=1S/C15H20N2O3/c1-9(2)17-14(18)8-11(16)15(17)10-3-4-12-13(7-10)20-6-5-19-12/h3-4,7,9,11,15H,5-6,8,16H2,1-2H3. The number of hydrogen-bond donors (Lipinski definition) is 1. The van der Waals surface area contributed by atoms with Gasteiger partial charge in [-0.05, 0) is 31.5 Å². The second-order valence-corrected chi connectivity index (χ2v) is 5.61. The molecule has 2 atom stereocenters. The molecule has 1 fully saturated rings. The SMILES string of the molecule is CC(C)N1C(=O)CC(N)C1c1ccc2c(c1)OCCO2. The van der Waals surface area contributed by atoms with Crippen LogP contribution in [0.15, 0.2) is 18.2 Å². The number of amides is 1. The van der Waals surface area contributed by atoms with Gasteiger partial charge in [-0.25, -0.2) is 0 Å². The average molecular weight is 276 g/mol. The van der Waals surface area contributed by atoms with Crippen LogP contribution < -0.4 is 15.2 Å². The quantitative estimate of drug-likeness (QED) is 0.888. The topological polar surface area (TPSA) is 64.8 Å². The van der Waals surface area contributed by atoms with Crippen molar-refractivity contribution in [3.05, 3.63) is 23.8 Å². The van der Waals surface area contributed by atoms with Crippen LogP contribution in [0.25, 0.3) is 0 Å². The number of benzene rings is 1. The molecule has 2 heterocycles. The van der Waals surface area contributed by atoms with Crippen LogP contribution >= 0.6 is 0 Å². The summed E-state index contributed by atoms with van der Waals surface area (Å²) < 4.78 is 11.1. The van der Waals surface area contributed by atoms with E-state index in [2.05, 4.69) is 0 Å². The average Bonchev–Trinajstić information content (AvgIpc) is 2.73. The maximum Gasteiger partial charge on any atom is 0.225 e. The summed E-state index contributed by atoms with van der Waals surface area (Å²) in [4.78, 5) is 14.0. The molecule has 1 aromatic carbocycles. The van der Waals surface area contributed by atoms with E-state index in [1.807, 2.05) is 36.9 Å². The molecule has 5 nitrogen and oxygen atoms in total. The largest absolute Gasteiger partial charge is 0.486 e. The van der Waals surface area contributed by atoms with E-state index in [0.29, 0.717) is 19.6 Å². The first-order valence-corrected chi connectivity index (χ1v) is 7.04. The van der Waals surface area contributed by atoms with Crippen LogP contribution in [0.4, 0.5) is 0 Å². The number of nitrogens with two attached hydrogens (primary N) is 1. The van der Waals surface area contributed by atoms with Crippen molar-refractivity contribution in [2.45, 2.75) is 38.4 Å². The molecule has 2 unspecified atom stereocenters. The molecule has 2 aliphatic rings. The number of fused-ring (bicyclic) bond motifs is 1. The molecule has 1 saturated heterocycles. The number of carbonyl (C=O) groups excluding carboxylic acids is 1. The van der Waals surface area contributed by atoms with Crippen LogP contribution in [0.1, 0.15) is 31.9 Å². The third-order valence-corrected chi connectivity index (χ3v) is 3.87. The summed E-state index contributed by atoms with van der Waals surface area (Å²) in [6.45, 7) is 5.16. The maximum atomic E-state index is 12.1. The highest BCUT2D eigenvalue weighted by Crippen LogP contribution is 2.38. The van der Waals surface area contributed by atoms with Crippen LogP contribution in [0.5, 0.6) is 11.5 Å². The lowest BCUT2D eigenvalue weighted by Gasteiger charge is -2.31. The number of nitrogens with zero attached hydrogens (tertiary/aromatic N) is 1. The first-order chi connectivity index (χ1) is 9.58. The van der Waals surface area contributed by atoms with Gasteiger partial charge in [0.1, 0.15) is 13.2 Å². The van der Waals surface area contributed by atoms with Gasteiger partial charge in [-0.3, -0.25) is 4.79 Å². The van der Waals surface area contributed by atoms with E-state index in [1.54, 1.807) is 0 Å². The third kappa shape index (κ3) is 2.12. The Labute approximate surface area is 118 Å². The Balaban J connectivity index is 1.96. The highest BCUT2D eigenvalue weighted by atomic mass is 16.6. The van der Waals surface area contributed by atoms with Gasteiger partial charge in [-0.15, -0.1) is 0 Å². The molecular weight excluding hydrogens is 256 g/mol. The molecule has 5 heteroatoms. The maximum absolute atomic E-state index is 12.1. The van der Waals surface area contributed by atoms with Crippen LogP contribution in [-0.2, 0) is 4.79 Å². The minimum Gasteiger partial charge on any atom is -0.486 e. The molecule has 0 spiro atoms. The van der Waals surface area contributed by atoms with Crippen molar-refractivity contribution in [1.82, 2.24) is 4.90 Å². The van der Waals surface area contributed by atoms with Gasteiger partial charge >= 0.3 is 0 Å². The highest BCUT2D eigenvalue weighted by Gasteiger charge is 2.40. The lowest BCUT2D eigenvalue weighted by molar-refractivity contribution is -0.130. The molecule has 0 aliphatic carbocycles. The predicted molar refractivity (Wildman–Crippen MR) is 74.7 cm³/mol. The zero-order valence-electron chi connectivity index (χ0n) is 11.8. The molecule has 0 bridgehead atoms. The van der Waals surface area contributed by atoms with E-state index in [-0.39, 0.29) is 24.0 Å². The Morgan fingerprint density at radius 1 is 1.25 bits per heavy atom. The zero-order chi connectivity index (χ0) is 14.3. The van der Waals surface area contributed by atoms with Crippen molar-refractivity contribution < 1.29 is 14.3 Å². The van der Waals surface area contributed by atoms with Crippen LogP contribution in [-0.4, -0.2) is 36.1 Å². The second kappa shape index (κ2) is 4.98. The molecule has 0 radical (unpaired) electrons. The van der Waals surface area contributed by atoms with Crippen molar-refractivity contribution >= 4 is 5.91 Å². The van der Waals surface area contributed by atoms with Gasteiger partial charge < -0.3 is 20.1 Å². The summed E-state index contributed by atoms with van der Waals surface area (Å²) in [5.41, 5.74) is 7.19. The minimum absolute atomic E-state index is 0.0849. The summed E-state index contributed by atoms with van der Waals surface area (Å²) in [5.74, 6) is 1.62. The van der Waals surface area contributed by atoms with Crippen LogP contribution in [0.2, 0.25) is 0 Å². The Morgan fingerprint density at radius 3 is 2.65 bits per heavy atom. The summed E-state index contributed by atoms with van der Waals surface area (Å²) in [7, 11) is 0. The van der Waals surface area contributed by atoms with E-state index in [1.165, 1.54) is 0 Å². The predicted octanol–water partition coefficient (Wildman–Crippen LogP) is 1.47. The molecule has 3 rings (SSSR count). The molecule has 1 aromatic rings. The first-order valence-electron chi connectivity index (χ1n) is 7.04. The van der Waals surface area contributed by atoms with E-state index >= 15 is 0 Å². The summed E-state index contributed by atoms with van der Waals surface area (Å²) in [6.07, 6.45) is 0.400. The fraction of sp³-hybridized carbons (Fsp3) is 0.533. The van der Waals surface area contributed by atoms with Gasteiger partial charge in [0.15, 0.2) is 11.5 Å². The lowest BCUT2D eigenvalue weighted by atomic mass is 9.99. The number of likely N-dealkylation sites (tertiary alicyclic amines) is 1. The van der Waals surface area contributed by atoms with Crippen LogP contribution in [0.3, 0.4) is 0 Å². The van der Waals surface area contributed by atoms with Crippen molar-refractivity contribution in [3.63, 3.8) is 0 Å². The first kappa shape index (κ1) is 13.2. The molecule has 0 saturated carbocycles. The van der Waals surface area contributed by atoms with Gasteiger partial charge in [0.2, 0.25) is 5.91 Å². The monoisotopic (exact) mass is 276 g/mol. The van der Waals surface area contributed by atoms with Crippen molar-refractivity contribution in [2.75, 3.05) is 13.2 Å². The molecular formula is C15H20N2O3. The Morgan fingerprint density at radius 2 is 1.95 bits per heavy atom. The fourth-order valence-electron chi connectivity index (χ4n) is 3.04. The zero-order valence-corrected chi connectivity index (χ0v) is 11.8. The van der Waals surface area contributed by atoms with E-state index in [9.17, 15) is 4.79 Å². The summed E-state index contributed by atoms with van der Waals surface area (Å²) in [5, 5.41) is 0. The Hall–Kier alpha value is -1.75. The number of hydrogen-bond acceptors (Lipinski definition) is 4. The Kier molecular flexibility index (Phi) is 3.30. The van der Waals surface area contributed by atoms with Gasteiger partial charge in [0.25, 0.3) is 0 Å². The lowest BCUT2D eigenvalue weighted by Crippen LogP contribution is -2.37. The van der Waals surface area contributed by atoms with Gasteiger partial charge in [-0.2, -0.15) is 0 Å². The second-order valence-electron chi connectivity index (χ2n) is 5.61. The van der Waals surface area contributed by atoms with Gasteiger partial charge in [-0.1, -0.05) is 6.07 Å². The van der Waals surface area contributed by atoms with E-state index in [4.69, 9.17) is 15.2 Å². The third-order valence-electron chi connectivity index (χ3n) is 3.87. The smallest absolute Gasteiger partial charge is 0.225 e. The van der Waals surface area contributed by atoms with Gasteiger partial charge in [0.05, 0.1) is 6.04 Å². The molecule has 0 aromatic heterocycles. The van der Waals surface area contributed by atoms with Crippen molar-refractivity contribution in [3.8, 4) is 11.5 Å². The molecule has 2 aliphatic heterocycles. The molecule has 2 N–H and O–H groups in total. The van der Waals surface area contributed by atoms with Crippen molar-refractivity contribution in [1.29, 1.82) is 0 Å². The highest BCUT2D eigenvalue weighted by molar-refractivity contribution is 5.80. The molecule has 1 amide bonds. The normalized spacial score (nSPS) is 25.4. The Bertz CT molecular complexity index is 530. The van der Waals surface area contributed by atoms with Gasteiger partial charge in [0, 0.05) is 18.5 Å². The fourth-order valence-corrected chi connectivity index (χ4v) is 3.04.